The van der Waals surface area contributed by atoms with Crippen LogP contribution in [0, 0.1) is 5.92 Å². The normalized spacial score (nSPS) is 17.4. The van der Waals surface area contributed by atoms with Crippen molar-refractivity contribution in [2.75, 3.05) is 12.9 Å². The Morgan fingerprint density at radius 2 is 2.14 bits per heavy atom. The molecule has 0 aromatic carbocycles. The lowest BCUT2D eigenvalue weighted by atomic mass is 10.2. The number of rotatable bonds is 3. The quantitative estimate of drug-likeness (QED) is 0.724. The van der Waals surface area contributed by atoms with Crippen molar-refractivity contribution in [1.82, 2.24) is 10.2 Å². The van der Waals surface area contributed by atoms with Crippen LogP contribution >= 0.6 is 11.6 Å². The van der Waals surface area contributed by atoms with E-state index in [1.165, 1.54) is 12.8 Å². The Hall–Kier alpha value is -0.770. The second kappa shape index (κ2) is 4.64. The Bertz CT molecular complexity index is 241. The molecule has 0 heterocycles. The van der Waals surface area contributed by atoms with Gasteiger partial charge in [-0.15, -0.1) is 11.6 Å². The van der Waals surface area contributed by atoms with Crippen molar-refractivity contribution in [3.05, 3.63) is 0 Å². The molecule has 0 aromatic heterocycles. The van der Waals surface area contributed by atoms with Crippen molar-refractivity contribution >= 4 is 23.5 Å². The summed E-state index contributed by atoms with van der Waals surface area (Å²) in [6.07, 6.45) is 2.34. The summed E-state index contributed by atoms with van der Waals surface area (Å²) >= 11 is 5.27. The summed E-state index contributed by atoms with van der Waals surface area (Å²) in [6, 6.07) is -0.173. The molecule has 0 radical (unpaired) electrons. The molecule has 4 nitrogen and oxygen atoms in total. The van der Waals surface area contributed by atoms with Crippen LogP contribution in [0.3, 0.4) is 0 Å². The van der Waals surface area contributed by atoms with Crippen molar-refractivity contribution in [2.45, 2.75) is 25.8 Å². The third kappa shape index (κ3) is 2.87. The molecule has 0 bridgehead atoms. The van der Waals surface area contributed by atoms with Crippen LogP contribution in [0.4, 0.5) is 4.79 Å². The highest BCUT2D eigenvalue weighted by atomic mass is 35.5. The predicted octanol–water partition coefficient (Wildman–Crippen LogP) is 1.19. The molecule has 5 heteroatoms. The summed E-state index contributed by atoms with van der Waals surface area (Å²) in [5.41, 5.74) is 0. The van der Waals surface area contributed by atoms with Gasteiger partial charge >= 0.3 is 6.03 Å². The van der Waals surface area contributed by atoms with Gasteiger partial charge in [-0.2, -0.15) is 0 Å². The Labute approximate surface area is 88.6 Å². The zero-order valence-corrected chi connectivity index (χ0v) is 9.17. The van der Waals surface area contributed by atoms with Gasteiger partial charge in [0.15, 0.2) is 0 Å². The molecule has 0 saturated heterocycles. The molecule has 0 aromatic rings. The van der Waals surface area contributed by atoms with E-state index in [0.717, 1.165) is 0 Å². The lowest BCUT2D eigenvalue weighted by Gasteiger charge is -2.24. The topological polar surface area (TPSA) is 49.4 Å². The smallest absolute Gasteiger partial charge is 0.324 e. The Morgan fingerprint density at radius 1 is 1.57 bits per heavy atom. The van der Waals surface area contributed by atoms with Crippen LogP contribution in [-0.2, 0) is 4.79 Å². The second-order valence-corrected chi connectivity index (χ2v) is 3.94. The van der Waals surface area contributed by atoms with Gasteiger partial charge in [0.05, 0.1) is 0 Å². The van der Waals surface area contributed by atoms with Gasteiger partial charge in [-0.3, -0.25) is 10.1 Å². The molecule has 1 atom stereocenters. The first-order valence-electron chi connectivity index (χ1n) is 4.69. The van der Waals surface area contributed by atoms with Gasteiger partial charge in [0.1, 0.15) is 5.88 Å². The monoisotopic (exact) mass is 218 g/mol. The van der Waals surface area contributed by atoms with Crippen molar-refractivity contribution in [2.24, 2.45) is 5.92 Å². The number of nitrogens with zero attached hydrogens (tertiary/aromatic N) is 1. The minimum atomic E-state index is -0.452. The van der Waals surface area contributed by atoms with E-state index >= 15 is 0 Å². The molecule has 1 saturated carbocycles. The molecular formula is C9H15ClN2O2. The first kappa shape index (κ1) is 11.3. The van der Waals surface area contributed by atoms with Gasteiger partial charge in [0, 0.05) is 13.1 Å². The van der Waals surface area contributed by atoms with Crippen LogP contribution in [-0.4, -0.2) is 35.8 Å². The van der Waals surface area contributed by atoms with Crippen LogP contribution in [0.2, 0.25) is 0 Å². The lowest BCUT2D eigenvalue weighted by molar-refractivity contribution is -0.117. The van der Waals surface area contributed by atoms with E-state index in [2.05, 4.69) is 5.32 Å². The first-order valence-corrected chi connectivity index (χ1v) is 5.22. The number of halogens is 1. The van der Waals surface area contributed by atoms with E-state index in [4.69, 9.17) is 11.6 Å². The fraction of sp³-hybridized carbons (Fsp3) is 0.778. The molecule has 1 aliphatic carbocycles. The Morgan fingerprint density at radius 3 is 2.57 bits per heavy atom. The number of nitrogens with one attached hydrogen (secondary N) is 1. The summed E-state index contributed by atoms with van der Waals surface area (Å²) in [4.78, 5) is 23.8. The maximum atomic E-state index is 11.4. The van der Waals surface area contributed by atoms with E-state index in [0.29, 0.717) is 5.92 Å². The predicted molar refractivity (Wildman–Crippen MR) is 54.2 cm³/mol. The van der Waals surface area contributed by atoms with Crippen molar-refractivity contribution in [3.63, 3.8) is 0 Å². The molecule has 1 rings (SSSR count). The Kier molecular flexibility index (Phi) is 3.75. The molecule has 0 spiro atoms. The van der Waals surface area contributed by atoms with Crippen molar-refractivity contribution in [1.29, 1.82) is 0 Å². The summed E-state index contributed by atoms with van der Waals surface area (Å²) < 4.78 is 0. The third-order valence-electron chi connectivity index (χ3n) is 2.60. The average Bonchev–Trinajstić information content (AvgIpc) is 2.98. The van der Waals surface area contributed by atoms with Gasteiger partial charge in [0.25, 0.3) is 0 Å². The number of urea groups is 1. The minimum absolute atomic E-state index is 0.183. The molecule has 1 aliphatic rings. The van der Waals surface area contributed by atoms with Crippen molar-refractivity contribution < 1.29 is 9.59 Å². The van der Waals surface area contributed by atoms with Crippen molar-refractivity contribution in [3.8, 4) is 0 Å². The number of hydrogen-bond donors (Lipinski definition) is 1. The van der Waals surface area contributed by atoms with E-state index < -0.39 is 5.91 Å². The molecule has 1 unspecified atom stereocenters. The van der Waals surface area contributed by atoms with Crippen LogP contribution < -0.4 is 5.32 Å². The van der Waals surface area contributed by atoms with Crippen LogP contribution in [0.5, 0.6) is 0 Å². The molecule has 80 valence electrons. The molecule has 14 heavy (non-hydrogen) atoms. The van der Waals surface area contributed by atoms with E-state index in [9.17, 15) is 9.59 Å². The highest BCUT2D eigenvalue weighted by molar-refractivity contribution is 6.28. The standard InChI is InChI=1S/C9H15ClN2O2/c1-6(7-3-4-7)12(2)9(14)11-8(13)5-10/h6-7H,3-5H2,1-2H3,(H,11,13,14). The molecule has 0 aliphatic heterocycles. The number of imide groups is 1. The first-order chi connectivity index (χ1) is 6.56. The van der Waals surface area contributed by atoms with Gasteiger partial charge < -0.3 is 4.90 Å². The summed E-state index contributed by atoms with van der Waals surface area (Å²) in [6.45, 7) is 1.99. The largest absolute Gasteiger partial charge is 0.325 e. The third-order valence-corrected chi connectivity index (χ3v) is 2.85. The summed E-state index contributed by atoms with van der Waals surface area (Å²) in [7, 11) is 1.69. The molecule has 1 N–H and O–H groups in total. The molecule has 3 amide bonds. The fourth-order valence-electron chi connectivity index (χ4n) is 1.32. The highest BCUT2D eigenvalue weighted by Gasteiger charge is 2.32. The van der Waals surface area contributed by atoms with Gasteiger partial charge in [-0.25, -0.2) is 4.79 Å². The number of alkyl halides is 1. The highest BCUT2D eigenvalue weighted by Crippen LogP contribution is 2.34. The van der Waals surface area contributed by atoms with Gasteiger partial charge in [-0.1, -0.05) is 0 Å². The SMILES string of the molecule is CC(C1CC1)N(C)C(=O)NC(=O)CCl. The van der Waals surface area contributed by atoms with Gasteiger partial charge in [0.2, 0.25) is 5.91 Å². The van der Waals surface area contributed by atoms with Crippen LogP contribution in [0.25, 0.3) is 0 Å². The number of carbonyl (C=O) groups excluding carboxylic acids is 2. The molecular weight excluding hydrogens is 204 g/mol. The average molecular weight is 219 g/mol. The van der Waals surface area contributed by atoms with E-state index in [1.807, 2.05) is 6.92 Å². The maximum absolute atomic E-state index is 11.4. The second-order valence-electron chi connectivity index (χ2n) is 3.68. The van der Waals surface area contributed by atoms with Crippen LogP contribution in [0.1, 0.15) is 19.8 Å². The maximum Gasteiger partial charge on any atom is 0.324 e. The number of carbonyl (C=O) groups is 2. The van der Waals surface area contributed by atoms with Crippen LogP contribution in [0.15, 0.2) is 0 Å². The zero-order valence-electron chi connectivity index (χ0n) is 8.42. The molecule has 1 fully saturated rings. The number of amides is 3. The lowest BCUT2D eigenvalue weighted by Crippen LogP contribution is -2.45. The fourth-order valence-corrected chi connectivity index (χ4v) is 1.39. The van der Waals surface area contributed by atoms with Gasteiger partial charge in [-0.05, 0) is 25.7 Å². The number of hydrogen-bond acceptors (Lipinski definition) is 2. The van der Waals surface area contributed by atoms with E-state index in [-0.39, 0.29) is 18.0 Å². The summed E-state index contributed by atoms with van der Waals surface area (Å²) in [5.74, 6) is -0.0411. The summed E-state index contributed by atoms with van der Waals surface area (Å²) in [5, 5.41) is 2.21. The zero-order chi connectivity index (χ0) is 10.7. The van der Waals surface area contributed by atoms with E-state index in [1.54, 1.807) is 11.9 Å². The minimum Gasteiger partial charge on any atom is -0.325 e. The Balaban J connectivity index is 2.38.